The third-order valence-corrected chi connectivity index (χ3v) is 7.92. The van der Waals surface area contributed by atoms with Crippen LogP contribution in [0.5, 0.6) is 5.75 Å². The highest BCUT2D eigenvalue weighted by Crippen LogP contribution is 2.40. The molecule has 1 aromatic rings. The number of nitrogens with one attached hydrogen (secondary N) is 2. The number of rotatable bonds is 7. The lowest BCUT2D eigenvalue weighted by Gasteiger charge is -2.45. The highest BCUT2D eigenvalue weighted by molar-refractivity contribution is 5.95. The Hall–Kier alpha value is -3.07. The van der Waals surface area contributed by atoms with Gasteiger partial charge in [-0.1, -0.05) is 6.92 Å². The molecule has 2 N–H and O–H groups in total. The first-order valence-electron chi connectivity index (χ1n) is 12.8. The number of aromatic amines is 1. The van der Waals surface area contributed by atoms with E-state index in [2.05, 4.69) is 29.0 Å². The third-order valence-electron chi connectivity index (χ3n) is 7.92. The van der Waals surface area contributed by atoms with E-state index in [4.69, 9.17) is 9.47 Å². The number of amides is 2. The molecule has 1 aromatic heterocycles. The fourth-order valence-electron chi connectivity index (χ4n) is 6.02. The molecule has 36 heavy (non-hydrogen) atoms. The number of carbonyl (C=O) groups excluding carboxylic acids is 2. The molecule has 3 heterocycles. The smallest absolute Gasteiger partial charge is 0.256 e. The third kappa shape index (κ3) is 5.07. The molecule has 3 aliphatic rings. The molecule has 0 bridgehead atoms. The van der Waals surface area contributed by atoms with E-state index < -0.39 is 0 Å². The standard InChI is InChI=1S/C27H38N4O5/c1-6-31(19-7-10-30(11-8-19)18(4)32)22-14-24-20(9-12-36-24)25(17(22)3)27(34)28-15-21-23(35-5)13-16(2)29-26(21)33/h9,12-13,19-20,22,24H,6-8,10-11,14-15H2,1-5H3,(H,28,34)(H,29,33). The Morgan fingerprint density at radius 1 is 1.28 bits per heavy atom. The van der Waals surface area contributed by atoms with Crippen molar-refractivity contribution in [2.75, 3.05) is 26.7 Å². The topological polar surface area (TPSA) is 104 Å². The number of H-pyrrole nitrogens is 1. The number of likely N-dealkylation sites (N-methyl/N-ethyl adjacent to an activating group) is 1. The number of ether oxygens (including phenoxy) is 2. The van der Waals surface area contributed by atoms with Crippen molar-refractivity contribution in [2.24, 2.45) is 5.92 Å². The minimum Gasteiger partial charge on any atom is -0.497 e. The number of aromatic nitrogens is 1. The molecule has 0 aromatic carbocycles. The molecule has 1 aliphatic carbocycles. The van der Waals surface area contributed by atoms with Crippen molar-refractivity contribution in [3.05, 3.63) is 51.2 Å². The van der Waals surface area contributed by atoms with Crippen LogP contribution in [0.2, 0.25) is 0 Å². The van der Waals surface area contributed by atoms with Crippen LogP contribution in [-0.2, 0) is 20.9 Å². The Morgan fingerprint density at radius 2 is 2.00 bits per heavy atom. The number of aryl methyl sites for hydroxylation is 1. The predicted molar refractivity (Wildman–Crippen MR) is 136 cm³/mol. The zero-order valence-corrected chi connectivity index (χ0v) is 21.9. The number of nitrogens with zero attached hydrogens (tertiary/aromatic N) is 2. The van der Waals surface area contributed by atoms with E-state index in [-0.39, 0.29) is 42.0 Å². The van der Waals surface area contributed by atoms with Crippen LogP contribution in [0.1, 0.15) is 51.3 Å². The first-order chi connectivity index (χ1) is 17.2. The van der Waals surface area contributed by atoms with Gasteiger partial charge in [0.25, 0.3) is 5.56 Å². The molecule has 1 saturated heterocycles. The summed E-state index contributed by atoms with van der Waals surface area (Å²) in [6.45, 7) is 10.1. The Balaban J connectivity index is 1.57. The van der Waals surface area contributed by atoms with E-state index in [1.54, 1.807) is 26.2 Å². The molecule has 1 fully saturated rings. The van der Waals surface area contributed by atoms with E-state index in [9.17, 15) is 14.4 Å². The van der Waals surface area contributed by atoms with Crippen LogP contribution in [0, 0.1) is 12.8 Å². The van der Waals surface area contributed by atoms with Crippen LogP contribution in [0.4, 0.5) is 0 Å². The number of pyridine rings is 1. The van der Waals surface area contributed by atoms with Crippen molar-refractivity contribution in [1.82, 2.24) is 20.1 Å². The van der Waals surface area contributed by atoms with Crippen molar-refractivity contribution in [3.8, 4) is 5.75 Å². The molecule has 2 amide bonds. The minimum absolute atomic E-state index is 0.0715. The summed E-state index contributed by atoms with van der Waals surface area (Å²) in [6, 6.07) is 2.17. The summed E-state index contributed by atoms with van der Waals surface area (Å²) in [5, 5.41) is 2.97. The van der Waals surface area contributed by atoms with Gasteiger partial charge in [0.1, 0.15) is 11.9 Å². The number of carbonyl (C=O) groups is 2. The van der Waals surface area contributed by atoms with Gasteiger partial charge in [0.15, 0.2) is 0 Å². The van der Waals surface area contributed by atoms with Gasteiger partial charge in [-0.3, -0.25) is 19.3 Å². The SMILES string of the molecule is CCN(C1CCN(C(C)=O)CC1)C1CC2OC=CC2C(C(=O)NCc2c(OC)cc(C)[nH]c2=O)=C1C. The van der Waals surface area contributed by atoms with Crippen molar-refractivity contribution in [2.45, 2.75) is 71.7 Å². The fourth-order valence-corrected chi connectivity index (χ4v) is 6.02. The second-order valence-corrected chi connectivity index (χ2v) is 9.96. The van der Waals surface area contributed by atoms with Gasteiger partial charge >= 0.3 is 0 Å². The molecule has 9 heteroatoms. The van der Waals surface area contributed by atoms with Crippen molar-refractivity contribution < 1.29 is 19.1 Å². The monoisotopic (exact) mass is 498 g/mol. The van der Waals surface area contributed by atoms with Gasteiger partial charge in [-0.05, 0) is 50.9 Å². The normalized spacial score (nSPS) is 24.1. The lowest BCUT2D eigenvalue weighted by molar-refractivity contribution is -0.130. The van der Waals surface area contributed by atoms with Gasteiger partial charge in [-0.2, -0.15) is 0 Å². The predicted octanol–water partition coefficient (Wildman–Crippen LogP) is 2.26. The fraction of sp³-hybridized carbons (Fsp3) is 0.593. The molecule has 3 atom stereocenters. The van der Waals surface area contributed by atoms with Gasteiger partial charge in [-0.15, -0.1) is 0 Å². The molecule has 0 saturated carbocycles. The first kappa shape index (κ1) is 26.0. The molecule has 2 aliphatic heterocycles. The highest BCUT2D eigenvalue weighted by Gasteiger charge is 2.43. The van der Waals surface area contributed by atoms with Crippen LogP contribution >= 0.6 is 0 Å². The van der Waals surface area contributed by atoms with Crippen molar-refractivity contribution in [1.29, 1.82) is 0 Å². The number of likely N-dealkylation sites (tertiary alicyclic amines) is 1. The summed E-state index contributed by atoms with van der Waals surface area (Å²) in [5.74, 6) is 0.283. The van der Waals surface area contributed by atoms with Crippen molar-refractivity contribution in [3.63, 3.8) is 0 Å². The maximum atomic E-state index is 13.6. The summed E-state index contributed by atoms with van der Waals surface area (Å²) in [5.41, 5.74) is 2.58. The maximum Gasteiger partial charge on any atom is 0.256 e. The van der Waals surface area contributed by atoms with Crippen LogP contribution in [0.3, 0.4) is 0 Å². The average Bonchev–Trinajstić information content (AvgIpc) is 3.32. The molecule has 196 valence electrons. The Morgan fingerprint density at radius 3 is 2.64 bits per heavy atom. The zero-order valence-electron chi connectivity index (χ0n) is 21.9. The summed E-state index contributed by atoms with van der Waals surface area (Å²) in [7, 11) is 1.52. The van der Waals surface area contributed by atoms with Crippen LogP contribution in [-0.4, -0.2) is 71.5 Å². The Kier molecular flexibility index (Phi) is 7.88. The first-order valence-corrected chi connectivity index (χ1v) is 12.8. The second-order valence-electron chi connectivity index (χ2n) is 9.96. The molecular formula is C27H38N4O5. The number of fused-ring (bicyclic) bond motifs is 1. The molecule has 0 radical (unpaired) electrons. The van der Waals surface area contributed by atoms with Gasteiger partial charge < -0.3 is 24.7 Å². The minimum atomic E-state index is -0.268. The van der Waals surface area contributed by atoms with E-state index in [1.807, 2.05) is 11.0 Å². The molecular weight excluding hydrogens is 460 g/mol. The number of hydrogen-bond acceptors (Lipinski definition) is 6. The number of hydrogen-bond donors (Lipinski definition) is 2. The van der Waals surface area contributed by atoms with E-state index in [0.717, 1.165) is 44.5 Å². The van der Waals surface area contributed by atoms with Gasteiger partial charge in [0.05, 0.1) is 25.5 Å². The van der Waals surface area contributed by atoms with E-state index in [0.29, 0.717) is 28.6 Å². The van der Waals surface area contributed by atoms with Crippen LogP contribution in [0.25, 0.3) is 0 Å². The number of piperidine rings is 1. The van der Waals surface area contributed by atoms with Gasteiger partial charge in [0, 0.05) is 55.7 Å². The van der Waals surface area contributed by atoms with E-state index >= 15 is 0 Å². The Bertz CT molecular complexity index is 1120. The van der Waals surface area contributed by atoms with Crippen LogP contribution < -0.4 is 15.6 Å². The van der Waals surface area contributed by atoms with Gasteiger partial charge in [0.2, 0.25) is 11.8 Å². The maximum absolute atomic E-state index is 13.6. The largest absolute Gasteiger partial charge is 0.497 e. The molecule has 9 nitrogen and oxygen atoms in total. The highest BCUT2D eigenvalue weighted by atomic mass is 16.5. The van der Waals surface area contributed by atoms with E-state index in [1.165, 1.54) is 7.11 Å². The summed E-state index contributed by atoms with van der Waals surface area (Å²) in [4.78, 5) is 45.1. The summed E-state index contributed by atoms with van der Waals surface area (Å²) < 4.78 is 11.3. The van der Waals surface area contributed by atoms with Crippen molar-refractivity contribution >= 4 is 11.8 Å². The lowest BCUT2D eigenvalue weighted by atomic mass is 9.77. The second kappa shape index (κ2) is 10.9. The average molecular weight is 499 g/mol. The summed E-state index contributed by atoms with van der Waals surface area (Å²) in [6.07, 6.45) is 6.22. The number of methoxy groups -OCH3 is 1. The molecule has 0 spiro atoms. The Labute approximate surface area is 212 Å². The zero-order chi connectivity index (χ0) is 26.0. The summed E-state index contributed by atoms with van der Waals surface area (Å²) >= 11 is 0. The molecule has 3 unspecified atom stereocenters. The quantitative estimate of drug-likeness (QED) is 0.598. The van der Waals surface area contributed by atoms with Gasteiger partial charge in [-0.25, -0.2) is 0 Å². The molecule has 4 rings (SSSR count). The lowest BCUT2D eigenvalue weighted by Crippen LogP contribution is -2.53. The van der Waals surface area contributed by atoms with Crippen LogP contribution in [0.15, 0.2) is 34.3 Å².